The molecule has 0 aromatic heterocycles. The number of ether oxygens (including phenoxy) is 1. The Balaban J connectivity index is 2.33. The lowest BCUT2D eigenvalue weighted by Gasteiger charge is -2.29. The Morgan fingerprint density at radius 2 is 2.00 bits per heavy atom. The third-order valence-electron chi connectivity index (χ3n) is 2.79. The molecule has 14 heavy (non-hydrogen) atoms. The predicted molar refractivity (Wildman–Crippen MR) is 53.9 cm³/mol. The number of carbonyl (C=O) groups excluding carboxylic acids is 1. The average Bonchev–Trinajstić information content (AvgIpc) is 2.19. The van der Waals surface area contributed by atoms with Crippen LogP contribution in [-0.4, -0.2) is 23.3 Å². The number of carbonyl (C=O) groups is 1. The molecule has 0 spiro atoms. The van der Waals surface area contributed by atoms with E-state index in [0.717, 1.165) is 32.1 Å². The first-order valence-electron chi connectivity index (χ1n) is 5.58. The van der Waals surface area contributed by atoms with Crippen molar-refractivity contribution in [1.82, 2.24) is 0 Å². The van der Waals surface area contributed by atoms with Crippen LogP contribution in [0.5, 0.6) is 0 Å². The zero-order valence-electron chi connectivity index (χ0n) is 8.92. The Kier molecular flexibility index (Phi) is 4.39. The summed E-state index contributed by atoms with van der Waals surface area (Å²) < 4.78 is 5.04. The molecule has 0 unspecified atom stereocenters. The molecule has 82 valence electrons. The highest BCUT2D eigenvalue weighted by Gasteiger charge is 2.38. The number of unbranched alkanes of at least 4 members (excludes halogenated alkanes) is 1. The first-order valence-corrected chi connectivity index (χ1v) is 5.58. The van der Waals surface area contributed by atoms with Crippen LogP contribution >= 0.6 is 0 Å². The summed E-state index contributed by atoms with van der Waals surface area (Å²) in [5, 5.41) is 9.96. The maximum absolute atomic E-state index is 11.5. The van der Waals surface area contributed by atoms with Gasteiger partial charge in [0.1, 0.15) is 0 Å². The minimum atomic E-state index is -1.17. The van der Waals surface area contributed by atoms with E-state index < -0.39 is 11.6 Å². The van der Waals surface area contributed by atoms with Gasteiger partial charge in [-0.3, -0.25) is 0 Å². The molecule has 0 aromatic carbocycles. The van der Waals surface area contributed by atoms with E-state index in [1.165, 1.54) is 0 Å². The molecule has 0 aromatic rings. The van der Waals surface area contributed by atoms with Crippen molar-refractivity contribution in [1.29, 1.82) is 0 Å². The van der Waals surface area contributed by atoms with Gasteiger partial charge in [0, 0.05) is 0 Å². The fourth-order valence-electron chi connectivity index (χ4n) is 1.78. The Labute approximate surface area is 85.5 Å². The molecule has 0 saturated heterocycles. The lowest BCUT2D eigenvalue weighted by Crippen LogP contribution is -2.41. The van der Waals surface area contributed by atoms with Crippen molar-refractivity contribution in [3.8, 4) is 0 Å². The zero-order valence-corrected chi connectivity index (χ0v) is 8.92. The first-order chi connectivity index (χ1) is 6.69. The van der Waals surface area contributed by atoms with Gasteiger partial charge in [-0.15, -0.1) is 0 Å². The van der Waals surface area contributed by atoms with Crippen LogP contribution in [0.3, 0.4) is 0 Å². The topological polar surface area (TPSA) is 46.5 Å². The Hall–Kier alpha value is -0.570. The molecule has 1 saturated carbocycles. The van der Waals surface area contributed by atoms with Gasteiger partial charge in [-0.25, -0.2) is 4.79 Å². The van der Waals surface area contributed by atoms with Crippen LogP contribution in [0.25, 0.3) is 0 Å². The third kappa shape index (κ3) is 2.98. The summed E-state index contributed by atoms with van der Waals surface area (Å²) in [6.07, 6.45) is 5.99. The minimum Gasteiger partial charge on any atom is -0.464 e. The van der Waals surface area contributed by atoms with E-state index in [1.54, 1.807) is 0 Å². The van der Waals surface area contributed by atoms with Gasteiger partial charge in [0.15, 0.2) is 5.60 Å². The Morgan fingerprint density at radius 1 is 1.36 bits per heavy atom. The first kappa shape index (κ1) is 11.5. The predicted octanol–water partition coefficient (Wildman–Crippen LogP) is 2.02. The quantitative estimate of drug-likeness (QED) is 0.558. The second-order valence-corrected chi connectivity index (χ2v) is 4.08. The van der Waals surface area contributed by atoms with E-state index in [9.17, 15) is 9.90 Å². The van der Waals surface area contributed by atoms with Gasteiger partial charge < -0.3 is 9.84 Å². The molecule has 1 aliphatic carbocycles. The highest BCUT2D eigenvalue weighted by Crippen LogP contribution is 2.29. The van der Waals surface area contributed by atoms with E-state index >= 15 is 0 Å². The normalized spacial score (nSPS) is 20.4. The lowest BCUT2D eigenvalue weighted by molar-refractivity contribution is -0.169. The van der Waals surface area contributed by atoms with Crippen LogP contribution in [0.4, 0.5) is 0 Å². The van der Waals surface area contributed by atoms with E-state index in [4.69, 9.17) is 4.74 Å². The summed E-state index contributed by atoms with van der Waals surface area (Å²) in [6, 6.07) is 0. The molecular weight excluding hydrogens is 180 g/mol. The van der Waals surface area contributed by atoms with Crippen LogP contribution in [0.1, 0.15) is 51.9 Å². The van der Waals surface area contributed by atoms with Gasteiger partial charge >= 0.3 is 5.97 Å². The van der Waals surface area contributed by atoms with Gasteiger partial charge in [0.25, 0.3) is 0 Å². The molecule has 1 fully saturated rings. The van der Waals surface area contributed by atoms with Crippen molar-refractivity contribution in [2.75, 3.05) is 6.61 Å². The SMILES string of the molecule is CCCCOC(=O)C1(O)CCCCC1. The minimum absolute atomic E-state index is 0.411. The van der Waals surface area contributed by atoms with E-state index in [2.05, 4.69) is 0 Å². The summed E-state index contributed by atoms with van der Waals surface area (Å²) in [7, 11) is 0. The van der Waals surface area contributed by atoms with Gasteiger partial charge in [-0.1, -0.05) is 19.8 Å². The molecule has 0 atom stereocenters. The molecule has 0 radical (unpaired) electrons. The van der Waals surface area contributed by atoms with Crippen molar-refractivity contribution >= 4 is 5.97 Å². The number of rotatable bonds is 4. The molecular formula is C11H20O3. The number of hydrogen-bond donors (Lipinski definition) is 1. The van der Waals surface area contributed by atoms with E-state index in [-0.39, 0.29) is 0 Å². The molecule has 0 amide bonds. The van der Waals surface area contributed by atoms with Crippen LogP contribution < -0.4 is 0 Å². The standard InChI is InChI=1S/C11H20O3/c1-2-3-9-14-10(12)11(13)7-5-4-6-8-11/h13H,2-9H2,1H3. The molecule has 1 N–H and O–H groups in total. The summed E-state index contributed by atoms with van der Waals surface area (Å²) in [5.41, 5.74) is -1.17. The Bertz CT molecular complexity index is 183. The largest absolute Gasteiger partial charge is 0.464 e. The van der Waals surface area contributed by atoms with E-state index in [0.29, 0.717) is 19.4 Å². The highest BCUT2D eigenvalue weighted by molar-refractivity contribution is 5.79. The van der Waals surface area contributed by atoms with E-state index in [1.807, 2.05) is 6.92 Å². The average molecular weight is 200 g/mol. The molecule has 1 rings (SSSR count). The molecule has 0 bridgehead atoms. The van der Waals surface area contributed by atoms with Gasteiger partial charge in [0.05, 0.1) is 6.61 Å². The van der Waals surface area contributed by atoms with Crippen molar-refractivity contribution in [2.24, 2.45) is 0 Å². The van der Waals surface area contributed by atoms with Crippen molar-refractivity contribution in [2.45, 2.75) is 57.5 Å². The summed E-state index contributed by atoms with van der Waals surface area (Å²) >= 11 is 0. The number of aliphatic hydroxyl groups is 1. The van der Waals surface area contributed by atoms with Crippen LogP contribution in [0, 0.1) is 0 Å². The summed E-state index contributed by atoms with van der Waals surface area (Å²) in [6.45, 7) is 2.49. The van der Waals surface area contributed by atoms with Crippen molar-refractivity contribution in [3.63, 3.8) is 0 Å². The number of esters is 1. The molecule has 0 heterocycles. The smallest absolute Gasteiger partial charge is 0.338 e. The zero-order chi connectivity index (χ0) is 10.4. The van der Waals surface area contributed by atoms with Crippen molar-refractivity contribution in [3.05, 3.63) is 0 Å². The number of hydrogen-bond acceptors (Lipinski definition) is 3. The maximum Gasteiger partial charge on any atom is 0.338 e. The summed E-state index contributed by atoms with van der Waals surface area (Å²) in [4.78, 5) is 11.5. The Morgan fingerprint density at radius 3 is 2.57 bits per heavy atom. The van der Waals surface area contributed by atoms with Crippen LogP contribution in [-0.2, 0) is 9.53 Å². The second-order valence-electron chi connectivity index (χ2n) is 4.08. The van der Waals surface area contributed by atoms with Gasteiger partial charge in [-0.2, -0.15) is 0 Å². The monoisotopic (exact) mass is 200 g/mol. The lowest BCUT2D eigenvalue weighted by atomic mass is 9.85. The molecule has 0 aliphatic heterocycles. The van der Waals surface area contributed by atoms with Crippen LogP contribution in [0.2, 0.25) is 0 Å². The fourth-order valence-corrected chi connectivity index (χ4v) is 1.78. The second kappa shape index (κ2) is 5.35. The third-order valence-corrected chi connectivity index (χ3v) is 2.79. The van der Waals surface area contributed by atoms with Crippen molar-refractivity contribution < 1.29 is 14.6 Å². The van der Waals surface area contributed by atoms with Gasteiger partial charge in [-0.05, 0) is 32.1 Å². The summed E-state index contributed by atoms with van der Waals surface area (Å²) in [5.74, 6) is -0.411. The van der Waals surface area contributed by atoms with Gasteiger partial charge in [0.2, 0.25) is 0 Å². The highest BCUT2D eigenvalue weighted by atomic mass is 16.5. The fraction of sp³-hybridized carbons (Fsp3) is 0.909. The molecule has 3 heteroatoms. The van der Waals surface area contributed by atoms with Crippen LogP contribution in [0.15, 0.2) is 0 Å². The maximum atomic E-state index is 11.5. The molecule has 3 nitrogen and oxygen atoms in total. The molecule has 1 aliphatic rings.